The first-order valence-electron chi connectivity index (χ1n) is 7.53. The molecule has 1 aliphatic heterocycles. The molecule has 1 aliphatic rings. The first-order valence-corrected chi connectivity index (χ1v) is 7.53. The van der Waals surface area contributed by atoms with E-state index in [1.807, 2.05) is 32.3 Å². The second-order valence-corrected chi connectivity index (χ2v) is 6.60. The summed E-state index contributed by atoms with van der Waals surface area (Å²) in [7, 11) is 0. The van der Waals surface area contributed by atoms with Crippen LogP contribution >= 0.6 is 0 Å². The van der Waals surface area contributed by atoms with E-state index >= 15 is 0 Å². The van der Waals surface area contributed by atoms with Gasteiger partial charge in [-0.1, -0.05) is 0 Å². The van der Waals surface area contributed by atoms with Crippen LogP contribution in [0.4, 0.5) is 4.79 Å². The Balaban J connectivity index is 1.85. The lowest BCUT2D eigenvalue weighted by Gasteiger charge is -2.35. The van der Waals surface area contributed by atoms with Crippen molar-refractivity contribution in [3.63, 3.8) is 0 Å². The summed E-state index contributed by atoms with van der Waals surface area (Å²) in [6, 6.07) is -0.0243. The topological polar surface area (TPSA) is 86.0 Å². The summed E-state index contributed by atoms with van der Waals surface area (Å²) in [5.74, 6) is 1.39. The maximum atomic E-state index is 12.3. The molecular formula is C15H20N6O2. The molecule has 1 amide bonds. The summed E-state index contributed by atoms with van der Waals surface area (Å²) >= 11 is 0. The van der Waals surface area contributed by atoms with Crippen molar-refractivity contribution in [1.82, 2.24) is 29.6 Å². The van der Waals surface area contributed by atoms with Crippen LogP contribution in [0.3, 0.4) is 0 Å². The number of hydrogen-bond donors (Lipinski definition) is 0. The van der Waals surface area contributed by atoms with Crippen LogP contribution in [0.2, 0.25) is 0 Å². The highest BCUT2D eigenvalue weighted by Crippen LogP contribution is 2.24. The summed E-state index contributed by atoms with van der Waals surface area (Å²) < 4.78 is 7.44. The highest BCUT2D eigenvalue weighted by Gasteiger charge is 2.33. The lowest BCUT2D eigenvalue weighted by molar-refractivity contribution is 0.00942. The van der Waals surface area contributed by atoms with Crippen LogP contribution in [0.5, 0.6) is 0 Å². The molecule has 2 aromatic rings. The average Bonchev–Trinajstić information content (AvgIpc) is 2.88. The number of carbonyl (C=O) groups is 1. The van der Waals surface area contributed by atoms with Crippen molar-refractivity contribution >= 4 is 6.09 Å². The van der Waals surface area contributed by atoms with Crippen molar-refractivity contribution in [3.8, 4) is 11.5 Å². The Labute approximate surface area is 134 Å². The van der Waals surface area contributed by atoms with Gasteiger partial charge in [-0.05, 0) is 27.7 Å². The molecule has 1 atom stereocenters. The zero-order valence-electron chi connectivity index (χ0n) is 13.7. The lowest BCUT2D eigenvalue weighted by atomic mass is 10.2. The Morgan fingerprint density at radius 3 is 2.74 bits per heavy atom. The van der Waals surface area contributed by atoms with Crippen molar-refractivity contribution in [1.29, 1.82) is 0 Å². The number of fused-ring (bicyclic) bond motifs is 1. The average molecular weight is 316 g/mol. The molecule has 0 radical (unpaired) electrons. The van der Waals surface area contributed by atoms with Crippen molar-refractivity contribution in [2.24, 2.45) is 0 Å². The van der Waals surface area contributed by atoms with Gasteiger partial charge in [-0.15, -0.1) is 10.2 Å². The third-order valence-corrected chi connectivity index (χ3v) is 3.54. The van der Waals surface area contributed by atoms with E-state index in [2.05, 4.69) is 20.2 Å². The number of nitrogens with zero attached hydrogens (tertiary/aromatic N) is 6. The van der Waals surface area contributed by atoms with Gasteiger partial charge in [-0.2, -0.15) is 0 Å². The number of aromatic nitrogens is 5. The van der Waals surface area contributed by atoms with Crippen molar-refractivity contribution < 1.29 is 9.53 Å². The van der Waals surface area contributed by atoms with E-state index in [-0.39, 0.29) is 12.1 Å². The molecule has 0 aromatic carbocycles. The number of rotatable bonds is 1. The molecule has 0 saturated heterocycles. The molecule has 0 spiro atoms. The second-order valence-electron chi connectivity index (χ2n) is 6.60. The van der Waals surface area contributed by atoms with E-state index in [1.54, 1.807) is 23.5 Å². The minimum Gasteiger partial charge on any atom is -0.444 e. The van der Waals surface area contributed by atoms with Crippen LogP contribution in [0.25, 0.3) is 11.5 Å². The summed E-state index contributed by atoms with van der Waals surface area (Å²) in [4.78, 5) is 22.3. The number of amides is 1. The van der Waals surface area contributed by atoms with E-state index in [0.29, 0.717) is 24.6 Å². The standard InChI is InChI=1S/C15H20N6O2/c1-10-8-21-12(9-20(10)14(22)23-15(2,3)4)18-19-13(21)11-7-16-5-6-17-11/h5-7,10H,8-9H2,1-4H3. The zero-order valence-corrected chi connectivity index (χ0v) is 13.7. The van der Waals surface area contributed by atoms with Crippen LogP contribution in [-0.2, 0) is 17.8 Å². The zero-order chi connectivity index (χ0) is 16.6. The molecule has 23 heavy (non-hydrogen) atoms. The summed E-state index contributed by atoms with van der Waals surface area (Å²) in [6.45, 7) is 8.50. The normalized spacial score (nSPS) is 17.7. The maximum Gasteiger partial charge on any atom is 0.411 e. The molecule has 1 unspecified atom stereocenters. The van der Waals surface area contributed by atoms with Crippen LogP contribution in [0.1, 0.15) is 33.5 Å². The van der Waals surface area contributed by atoms with Gasteiger partial charge < -0.3 is 9.30 Å². The van der Waals surface area contributed by atoms with Gasteiger partial charge in [0.2, 0.25) is 0 Å². The Bertz CT molecular complexity index is 707. The minimum atomic E-state index is -0.521. The van der Waals surface area contributed by atoms with Crippen LogP contribution in [0.15, 0.2) is 18.6 Å². The molecule has 0 aliphatic carbocycles. The molecule has 8 nitrogen and oxygen atoms in total. The van der Waals surface area contributed by atoms with E-state index in [9.17, 15) is 4.79 Å². The first kappa shape index (κ1) is 15.4. The van der Waals surface area contributed by atoms with Crippen molar-refractivity contribution in [2.45, 2.75) is 52.4 Å². The van der Waals surface area contributed by atoms with E-state index in [1.165, 1.54) is 0 Å². The molecule has 0 fully saturated rings. The van der Waals surface area contributed by atoms with Gasteiger partial charge in [0.1, 0.15) is 11.3 Å². The van der Waals surface area contributed by atoms with E-state index in [4.69, 9.17) is 4.74 Å². The predicted molar refractivity (Wildman–Crippen MR) is 82.3 cm³/mol. The van der Waals surface area contributed by atoms with Gasteiger partial charge >= 0.3 is 6.09 Å². The van der Waals surface area contributed by atoms with Crippen LogP contribution in [-0.4, -0.2) is 47.4 Å². The second kappa shape index (κ2) is 5.60. The quantitative estimate of drug-likeness (QED) is 0.798. The van der Waals surface area contributed by atoms with Crippen molar-refractivity contribution in [3.05, 3.63) is 24.4 Å². The maximum absolute atomic E-state index is 12.3. The minimum absolute atomic E-state index is 0.0243. The van der Waals surface area contributed by atoms with Gasteiger partial charge in [0.05, 0.1) is 18.8 Å². The molecule has 0 N–H and O–H groups in total. The van der Waals surface area contributed by atoms with Gasteiger partial charge in [-0.3, -0.25) is 9.88 Å². The molecule has 2 aromatic heterocycles. The van der Waals surface area contributed by atoms with E-state index < -0.39 is 5.60 Å². The molecule has 8 heteroatoms. The molecule has 122 valence electrons. The van der Waals surface area contributed by atoms with Crippen molar-refractivity contribution in [2.75, 3.05) is 0 Å². The van der Waals surface area contributed by atoms with Gasteiger partial charge in [0, 0.05) is 18.9 Å². The van der Waals surface area contributed by atoms with Gasteiger partial charge in [0.15, 0.2) is 11.6 Å². The fourth-order valence-electron chi connectivity index (χ4n) is 2.48. The smallest absolute Gasteiger partial charge is 0.411 e. The monoisotopic (exact) mass is 316 g/mol. The fourth-order valence-corrected chi connectivity index (χ4v) is 2.48. The van der Waals surface area contributed by atoms with Gasteiger partial charge in [-0.25, -0.2) is 9.78 Å². The Hall–Kier alpha value is -2.51. The third-order valence-electron chi connectivity index (χ3n) is 3.54. The number of hydrogen-bond acceptors (Lipinski definition) is 6. The van der Waals surface area contributed by atoms with Crippen LogP contribution < -0.4 is 0 Å². The Morgan fingerprint density at radius 1 is 1.30 bits per heavy atom. The summed E-state index contributed by atoms with van der Waals surface area (Å²) in [5.41, 5.74) is 0.149. The SMILES string of the molecule is CC1Cn2c(nnc2-c2cnccn2)CN1C(=O)OC(C)(C)C. The predicted octanol–water partition coefficient (Wildman–Crippen LogP) is 1.87. The fraction of sp³-hybridized carbons (Fsp3) is 0.533. The van der Waals surface area contributed by atoms with Gasteiger partial charge in [0.25, 0.3) is 0 Å². The Kier molecular flexibility index (Phi) is 3.75. The molecule has 3 rings (SSSR count). The summed E-state index contributed by atoms with van der Waals surface area (Å²) in [6.07, 6.45) is 4.56. The molecule has 0 saturated carbocycles. The highest BCUT2D eigenvalue weighted by atomic mass is 16.6. The van der Waals surface area contributed by atoms with E-state index in [0.717, 1.165) is 5.82 Å². The molecule has 0 bridgehead atoms. The highest BCUT2D eigenvalue weighted by molar-refractivity contribution is 5.68. The third kappa shape index (κ3) is 3.15. The lowest BCUT2D eigenvalue weighted by Crippen LogP contribution is -2.47. The number of carbonyl (C=O) groups excluding carboxylic acids is 1. The summed E-state index contributed by atoms with van der Waals surface area (Å²) in [5, 5.41) is 8.39. The molecular weight excluding hydrogens is 296 g/mol. The van der Waals surface area contributed by atoms with Crippen LogP contribution in [0, 0.1) is 0 Å². The molecule has 3 heterocycles. The first-order chi connectivity index (χ1) is 10.8. The largest absolute Gasteiger partial charge is 0.444 e. The number of ether oxygens (including phenoxy) is 1. The Morgan fingerprint density at radius 2 is 2.09 bits per heavy atom.